The summed E-state index contributed by atoms with van der Waals surface area (Å²) in [6.07, 6.45) is 4.27. The van der Waals surface area contributed by atoms with Crippen molar-refractivity contribution in [1.29, 1.82) is 0 Å². The molecule has 0 aliphatic rings. The number of nitrogens with one attached hydrogen (secondary N) is 1. The van der Waals surface area contributed by atoms with E-state index in [1.54, 1.807) is 12.4 Å². The number of aromatic nitrogens is 3. The second-order valence-corrected chi connectivity index (χ2v) is 3.58. The van der Waals surface area contributed by atoms with Gasteiger partial charge in [0.2, 0.25) is 0 Å². The maximum atomic E-state index is 5.63. The van der Waals surface area contributed by atoms with Crippen LogP contribution in [-0.4, -0.2) is 27.5 Å². The number of fused-ring (bicyclic) bond motifs is 1. The van der Waals surface area contributed by atoms with Gasteiger partial charge in [-0.1, -0.05) is 6.92 Å². The van der Waals surface area contributed by atoms with Crippen LogP contribution >= 0.6 is 0 Å². The normalized spacial score (nSPS) is 12.6. The monoisotopic (exact) mass is 217 g/mol. The van der Waals surface area contributed by atoms with Gasteiger partial charge < -0.3 is 11.1 Å². The van der Waals surface area contributed by atoms with Crippen molar-refractivity contribution in [3.63, 3.8) is 0 Å². The molecule has 0 amide bonds. The zero-order valence-corrected chi connectivity index (χ0v) is 9.22. The van der Waals surface area contributed by atoms with Crippen LogP contribution in [0.25, 0.3) is 11.2 Å². The van der Waals surface area contributed by atoms with Crippen molar-refractivity contribution in [3.05, 3.63) is 24.5 Å². The first-order chi connectivity index (χ1) is 7.83. The summed E-state index contributed by atoms with van der Waals surface area (Å²) in [6.45, 7) is 2.68. The van der Waals surface area contributed by atoms with Crippen LogP contribution in [0.15, 0.2) is 24.5 Å². The molecule has 5 heteroatoms. The van der Waals surface area contributed by atoms with Crippen LogP contribution in [0.1, 0.15) is 13.3 Å². The van der Waals surface area contributed by atoms with Gasteiger partial charge in [-0.05, 0) is 18.6 Å². The molecule has 0 aliphatic carbocycles. The molecule has 0 spiro atoms. The minimum Gasteiger partial charge on any atom is -0.366 e. The summed E-state index contributed by atoms with van der Waals surface area (Å²) in [5.41, 5.74) is 7.08. The van der Waals surface area contributed by atoms with Crippen molar-refractivity contribution in [2.75, 3.05) is 11.9 Å². The first-order valence-corrected chi connectivity index (χ1v) is 5.38. The highest BCUT2D eigenvalue weighted by molar-refractivity contribution is 5.71. The second kappa shape index (κ2) is 4.85. The first kappa shape index (κ1) is 10.8. The van der Waals surface area contributed by atoms with E-state index >= 15 is 0 Å². The van der Waals surface area contributed by atoms with E-state index in [-0.39, 0.29) is 6.04 Å². The van der Waals surface area contributed by atoms with Gasteiger partial charge in [0.1, 0.15) is 11.3 Å². The molecule has 2 rings (SSSR count). The third kappa shape index (κ3) is 2.25. The minimum atomic E-state index is 0.252. The fraction of sp³-hybridized carbons (Fsp3) is 0.364. The van der Waals surface area contributed by atoms with Gasteiger partial charge in [0.05, 0.1) is 0 Å². The van der Waals surface area contributed by atoms with Gasteiger partial charge in [0.25, 0.3) is 0 Å². The van der Waals surface area contributed by atoms with E-state index in [9.17, 15) is 0 Å². The molecular weight excluding hydrogens is 202 g/mol. The summed E-state index contributed by atoms with van der Waals surface area (Å²) >= 11 is 0. The molecule has 0 aromatic carbocycles. The summed E-state index contributed by atoms with van der Waals surface area (Å²) in [7, 11) is 0. The Labute approximate surface area is 94.1 Å². The summed E-state index contributed by atoms with van der Waals surface area (Å²) in [6, 6.07) is 4.05. The van der Waals surface area contributed by atoms with E-state index in [2.05, 4.69) is 27.2 Å². The topological polar surface area (TPSA) is 76.7 Å². The number of anilines is 1. The van der Waals surface area contributed by atoms with Gasteiger partial charge in [0.15, 0.2) is 5.65 Å². The summed E-state index contributed by atoms with van der Waals surface area (Å²) in [4.78, 5) is 12.7. The molecule has 0 bridgehead atoms. The number of pyridine rings is 1. The highest BCUT2D eigenvalue weighted by Gasteiger charge is 2.05. The van der Waals surface area contributed by atoms with E-state index in [0.717, 1.165) is 17.8 Å². The van der Waals surface area contributed by atoms with E-state index in [4.69, 9.17) is 5.73 Å². The number of nitrogens with two attached hydrogens (primary N) is 1. The molecule has 2 aromatic rings. The standard InChI is InChI=1S/C11H15N5/c1-2-8(7-12)15-10-4-3-9-11(16-10)14-6-5-13-9/h3-6,8H,2,7,12H2,1H3,(H,14,15,16). The molecule has 0 saturated carbocycles. The van der Waals surface area contributed by atoms with E-state index < -0.39 is 0 Å². The lowest BCUT2D eigenvalue weighted by molar-refractivity contribution is 0.700. The quantitative estimate of drug-likeness (QED) is 0.804. The number of nitrogens with zero attached hydrogens (tertiary/aromatic N) is 3. The zero-order chi connectivity index (χ0) is 11.4. The fourth-order valence-electron chi connectivity index (χ4n) is 1.47. The molecule has 84 valence electrons. The molecule has 16 heavy (non-hydrogen) atoms. The van der Waals surface area contributed by atoms with Crippen LogP contribution in [0.4, 0.5) is 5.82 Å². The van der Waals surface area contributed by atoms with Gasteiger partial charge in [-0.25, -0.2) is 9.97 Å². The Morgan fingerprint density at radius 1 is 1.31 bits per heavy atom. The Hall–Kier alpha value is -1.75. The first-order valence-electron chi connectivity index (χ1n) is 5.38. The second-order valence-electron chi connectivity index (χ2n) is 3.58. The minimum absolute atomic E-state index is 0.252. The van der Waals surface area contributed by atoms with E-state index in [1.807, 2.05) is 12.1 Å². The van der Waals surface area contributed by atoms with E-state index in [1.165, 1.54) is 0 Å². The highest BCUT2D eigenvalue weighted by Crippen LogP contribution is 2.11. The highest BCUT2D eigenvalue weighted by atomic mass is 15.0. The molecule has 2 aromatic heterocycles. The number of rotatable bonds is 4. The maximum absolute atomic E-state index is 5.63. The van der Waals surface area contributed by atoms with Crippen LogP contribution in [0, 0.1) is 0 Å². The number of hydrogen-bond acceptors (Lipinski definition) is 5. The molecule has 2 heterocycles. The smallest absolute Gasteiger partial charge is 0.180 e. The molecule has 1 atom stereocenters. The van der Waals surface area contributed by atoms with Gasteiger partial charge in [-0.2, -0.15) is 0 Å². The fourth-order valence-corrected chi connectivity index (χ4v) is 1.47. The van der Waals surface area contributed by atoms with Crippen molar-refractivity contribution in [2.24, 2.45) is 5.73 Å². The largest absolute Gasteiger partial charge is 0.366 e. The Kier molecular flexibility index (Phi) is 3.26. The third-order valence-electron chi connectivity index (χ3n) is 2.46. The molecular formula is C11H15N5. The third-order valence-corrected chi connectivity index (χ3v) is 2.46. The van der Waals surface area contributed by atoms with Crippen LogP contribution in [0.5, 0.6) is 0 Å². The van der Waals surface area contributed by atoms with Gasteiger partial charge in [0, 0.05) is 25.0 Å². The average Bonchev–Trinajstić information content (AvgIpc) is 2.35. The van der Waals surface area contributed by atoms with Gasteiger partial charge >= 0.3 is 0 Å². The Morgan fingerprint density at radius 3 is 2.88 bits per heavy atom. The van der Waals surface area contributed by atoms with Crippen molar-refractivity contribution in [3.8, 4) is 0 Å². The van der Waals surface area contributed by atoms with Crippen LogP contribution in [-0.2, 0) is 0 Å². The molecule has 5 nitrogen and oxygen atoms in total. The van der Waals surface area contributed by atoms with Crippen molar-refractivity contribution in [2.45, 2.75) is 19.4 Å². The number of hydrogen-bond donors (Lipinski definition) is 2. The zero-order valence-electron chi connectivity index (χ0n) is 9.22. The lowest BCUT2D eigenvalue weighted by Gasteiger charge is -2.14. The maximum Gasteiger partial charge on any atom is 0.180 e. The molecule has 3 N–H and O–H groups in total. The summed E-state index contributed by atoms with van der Waals surface area (Å²) < 4.78 is 0. The van der Waals surface area contributed by atoms with Crippen LogP contribution in [0.3, 0.4) is 0 Å². The predicted molar refractivity (Wildman–Crippen MR) is 64.1 cm³/mol. The Balaban J connectivity index is 2.25. The van der Waals surface area contributed by atoms with Crippen molar-refractivity contribution >= 4 is 17.0 Å². The molecule has 1 unspecified atom stereocenters. The Morgan fingerprint density at radius 2 is 2.12 bits per heavy atom. The average molecular weight is 217 g/mol. The molecule has 0 radical (unpaired) electrons. The SMILES string of the molecule is CCC(CN)Nc1ccc2nccnc2n1. The van der Waals surface area contributed by atoms with E-state index in [0.29, 0.717) is 12.2 Å². The predicted octanol–water partition coefficient (Wildman–Crippen LogP) is 1.17. The molecule has 0 saturated heterocycles. The van der Waals surface area contributed by atoms with Crippen molar-refractivity contribution < 1.29 is 0 Å². The molecule has 0 fully saturated rings. The summed E-state index contributed by atoms with van der Waals surface area (Å²) in [5, 5.41) is 3.27. The Bertz CT molecular complexity index is 467. The lowest BCUT2D eigenvalue weighted by Crippen LogP contribution is -2.28. The molecule has 0 aliphatic heterocycles. The van der Waals surface area contributed by atoms with Crippen LogP contribution < -0.4 is 11.1 Å². The van der Waals surface area contributed by atoms with Gasteiger partial charge in [-0.3, -0.25) is 4.98 Å². The van der Waals surface area contributed by atoms with Crippen molar-refractivity contribution in [1.82, 2.24) is 15.0 Å². The van der Waals surface area contributed by atoms with Crippen LogP contribution in [0.2, 0.25) is 0 Å². The lowest BCUT2D eigenvalue weighted by atomic mass is 10.2. The van der Waals surface area contributed by atoms with Gasteiger partial charge in [-0.15, -0.1) is 0 Å². The summed E-state index contributed by atoms with van der Waals surface area (Å²) in [5.74, 6) is 0.797.